The minimum Gasteiger partial charge on any atom is -0.406 e. The Morgan fingerprint density at radius 2 is 1.83 bits per heavy atom. The molecule has 23 heavy (non-hydrogen) atoms. The molecule has 0 saturated carbocycles. The lowest BCUT2D eigenvalue weighted by Crippen LogP contribution is -2.38. The lowest BCUT2D eigenvalue weighted by atomic mass is 9.78. The van der Waals surface area contributed by atoms with Crippen molar-refractivity contribution in [3.8, 4) is 5.75 Å². The molecule has 1 aliphatic heterocycles. The van der Waals surface area contributed by atoms with Gasteiger partial charge >= 0.3 is 0 Å². The summed E-state index contributed by atoms with van der Waals surface area (Å²) < 4.78 is 5.24. The highest BCUT2D eigenvalue weighted by Gasteiger charge is 2.31. The zero-order valence-corrected chi connectivity index (χ0v) is 15.1. The topological polar surface area (TPSA) is 41.9 Å². The van der Waals surface area contributed by atoms with E-state index in [4.69, 9.17) is 9.57 Å². The Balaban J connectivity index is 0.000000257. The van der Waals surface area contributed by atoms with Gasteiger partial charge in [0, 0.05) is 5.41 Å². The molecule has 4 heteroatoms. The first-order valence-corrected chi connectivity index (χ1v) is 8.09. The number of ether oxygens (including phenoxy) is 1. The number of benzene rings is 1. The van der Waals surface area contributed by atoms with Crippen molar-refractivity contribution < 1.29 is 14.7 Å². The maximum Gasteiger partial charge on any atom is 0.147 e. The fourth-order valence-electron chi connectivity index (χ4n) is 1.71. The van der Waals surface area contributed by atoms with E-state index in [1.165, 1.54) is 5.56 Å². The van der Waals surface area contributed by atoms with E-state index in [2.05, 4.69) is 19.6 Å². The number of aryl methyl sites for hydroxylation is 1. The van der Waals surface area contributed by atoms with Crippen LogP contribution in [0.1, 0.15) is 33.3 Å². The van der Waals surface area contributed by atoms with E-state index in [9.17, 15) is 5.11 Å². The molecule has 2 rings (SSSR count). The van der Waals surface area contributed by atoms with Crippen LogP contribution < -0.4 is 4.84 Å². The molecule has 0 spiro atoms. The standard InChI is InChI=1S/C11H15NO2.C8H16O/c1-10-3-2-4-11(9-10)14-12-5-7-13-8-6-12;1-6-7(2,3)8(4,5)9/h2-4,9H,5-8H2,1H3;6,9H,1H2,2-5H3. The SMILES string of the molecule is C=CC(C)(C)C(C)(C)O.Cc1cccc(ON2CCOCC2)c1. The Hall–Kier alpha value is -1.36. The fourth-order valence-corrected chi connectivity index (χ4v) is 1.71. The molecule has 0 unspecified atom stereocenters. The molecule has 4 nitrogen and oxygen atoms in total. The monoisotopic (exact) mass is 321 g/mol. The van der Waals surface area contributed by atoms with E-state index in [0.717, 1.165) is 32.1 Å². The Bertz CT molecular complexity index is 486. The predicted molar refractivity (Wildman–Crippen MR) is 94.5 cm³/mol. The van der Waals surface area contributed by atoms with Gasteiger partial charge in [-0.3, -0.25) is 0 Å². The zero-order chi connectivity index (χ0) is 17.5. The maximum absolute atomic E-state index is 9.47. The minimum atomic E-state index is -0.672. The average molecular weight is 321 g/mol. The summed E-state index contributed by atoms with van der Waals surface area (Å²) in [5.41, 5.74) is 0.345. The average Bonchev–Trinajstić information content (AvgIpc) is 2.48. The Morgan fingerprint density at radius 3 is 2.26 bits per heavy atom. The van der Waals surface area contributed by atoms with Crippen molar-refractivity contribution in [3.63, 3.8) is 0 Å². The van der Waals surface area contributed by atoms with Gasteiger partial charge in [-0.2, -0.15) is 0 Å². The van der Waals surface area contributed by atoms with Crippen molar-refractivity contribution in [2.24, 2.45) is 5.41 Å². The van der Waals surface area contributed by atoms with Crippen molar-refractivity contribution in [3.05, 3.63) is 42.5 Å². The van der Waals surface area contributed by atoms with E-state index in [1.807, 2.05) is 37.1 Å². The second-order valence-electron chi connectivity index (χ2n) is 6.93. The Kier molecular flexibility index (Phi) is 7.26. The molecule has 0 aromatic heterocycles. The summed E-state index contributed by atoms with van der Waals surface area (Å²) >= 11 is 0. The largest absolute Gasteiger partial charge is 0.406 e. The van der Waals surface area contributed by atoms with Crippen LogP contribution in [0.4, 0.5) is 0 Å². The van der Waals surface area contributed by atoms with Gasteiger partial charge < -0.3 is 14.7 Å². The van der Waals surface area contributed by atoms with Crippen LogP contribution in [-0.2, 0) is 4.74 Å². The molecule has 0 radical (unpaired) electrons. The first kappa shape index (κ1) is 19.7. The first-order chi connectivity index (χ1) is 10.7. The molecule has 1 aromatic carbocycles. The normalized spacial score (nSPS) is 16.3. The van der Waals surface area contributed by atoms with Gasteiger partial charge in [-0.1, -0.05) is 32.1 Å². The quantitative estimate of drug-likeness (QED) is 0.861. The second kappa shape index (κ2) is 8.48. The predicted octanol–water partition coefficient (Wildman–Crippen LogP) is 3.59. The molecule has 1 fully saturated rings. The molecule has 1 N–H and O–H groups in total. The van der Waals surface area contributed by atoms with Crippen molar-refractivity contribution in [2.45, 2.75) is 40.2 Å². The summed E-state index contributed by atoms with van der Waals surface area (Å²) in [7, 11) is 0. The summed E-state index contributed by atoms with van der Waals surface area (Å²) in [6.45, 7) is 16.4. The van der Waals surface area contributed by atoms with Crippen LogP contribution in [0.3, 0.4) is 0 Å². The molecular formula is C19H31NO3. The van der Waals surface area contributed by atoms with Crippen LogP contribution in [0.2, 0.25) is 0 Å². The van der Waals surface area contributed by atoms with Crippen LogP contribution in [0.25, 0.3) is 0 Å². The highest BCUT2D eigenvalue weighted by Crippen LogP contribution is 2.30. The minimum absolute atomic E-state index is 0.201. The van der Waals surface area contributed by atoms with E-state index in [0.29, 0.717) is 0 Å². The van der Waals surface area contributed by atoms with Gasteiger partial charge in [0.15, 0.2) is 0 Å². The van der Waals surface area contributed by atoms with E-state index >= 15 is 0 Å². The zero-order valence-electron chi connectivity index (χ0n) is 15.1. The summed E-state index contributed by atoms with van der Waals surface area (Å²) in [4.78, 5) is 5.69. The highest BCUT2D eigenvalue weighted by molar-refractivity contribution is 5.27. The Labute approximate surface area is 140 Å². The van der Waals surface area contributed by atoms with Gasteiger partial charge in [-0.25, -0.2) is 0 Å². The molecular weight excluding hydrogens is 290 g/mol. The summed E-state index contributed by atoms with van der Waals surface area (Å²) in [5, 5.41) is 11.4. The van der Waals surface area contributed by atoms with E-state index < -0.39 is 5.60 Å². The summed E-state index contributed by atoms with van der Waals surface area (Å²) in [5.74, 6) is 0.909. The van der Waals surface area contributed by atoms with E-state index in [-0.39, 0.29) is 5.41 Å². The lowest BCUT2D eigenvalue weighted by Gasteiger charge is -2.34. The van der Waals surface area contributed by atoms with E-state index in [1.54, 1.807) is 19.9 Å². The number of morpholine rings is 1. The molecule has 1 aromatic rings. The highest BCUT2D eigenvalue weighted by atomic mass is 16.7. The Morgan fingerprint density at radius 1 is 1.22 bits per heavy atom. The number of hydroxylamine groups is 2. The number of hydrogen-bond acceptors (Lipinski definition) is 4. The molecule has 0 bridgehead atoms. The van der Waals surface area contributed by atoms with Gasteiger partial charge in [0.05, 0.1) is 31.9 Å². The molecule has 0 aliphatic carbocycles. The van der Waals surface area contributed by atoms with Crippen molar-refractivity contribution in [1.82, 2.24) is 5.06 Å². The third-order valence-corrected chi connectivity index (χ3v) is 4.28. The number of nitrogens with zero attached hydrogens (tertiary/aromatic N) is 1. The van der Waals surface area contributed by atoms with Crippen LogP contribution in [0.15, 0.2) is 36.9 Å². The second-order valence-corrected chi connectivity index (χ2v) is 6.93. The van der Waals surface area contributed by atoms with Crippen LogP contribution in [-0.4, -0.2) is 42.1 Å². The third-order valence-electron chi connectivity index (χ3n) is 4.28. The van der Waals surface area contributed by atoms with Gasteiger partial charge in [0.2, 0.25) is 0 Å². The number of hydrogen-bond donors (Lipinski definition) is 1. The van der Waals surface area contributed by atoms with Crippen molar-refractivity contribution in [2.75, 3.05) is 26.3 Å². The molecule has 130 valence electrons. The first-order valence-electron chi connectivity index (χ1n) is 8.09. The fraction of sp³-hybridized carbons (Fsp3) is 0.579. The molecule has 1 aliphatic rings. The van der Waals surface area contributed by atoms with Crippen LogP contribution >= 0.6 is 0 Å². The molecule has 0 amide bonds. The molecule has 1 heterocycles. The number of aliphatic hydroxyl groups is 1. The smallest absolute Gasteiger partial charge is 0.147 e. The molecule has 1 saturated heterocycles. The van der Waals surface area contributed by atoms with Gasteiger partial charge in [0.1, 0.15) is 5.75 Å². The van der Waals surface area contributed by atoms with Crippen molar-refractivity contribution >= 4 is 0 Å². The van der Waals surface area contributed by atoms with Gasteiger partial charge in [0.25, 0.3) is 0 Å². The summed E-state index contributed by atoms with van der Waals surface area (Å²) in [6, 6.07) is 8.08. The van der Waals surface area contributed by atoms with Crippen LogP contribution in [0.5, 0.6) is 5.75 Å². The van der Waals surface area contributed by atoms with Crippen LogP contribution in [0, 0.1) is 12.3 Å². The lowest BCUT2D eigenvalue weighted by molar-refractivity contribution is -0.118. The molecule has 0 atom stereocenters. The van der Waals surface area contributed by atoms with Crippen molar-refractivity contribution in [1.29, 1.82) is 0 Å². The third kappa shape index (κ3) is 6.73. The number of rotatable bonds is 4. The maximum atomic E-state index is 9.47. The van der Waals surface area contributed by atoms with Gasteiger partial charge in [-0.15, -0.1) is 11.6 Å². The van der Waals surface area contributed by atoms with Gasteiger partial charge in [-0.05, 0) is 38.5 Å². The summed E-state index contributed by atoms with van der Waals surface area (Å²) in [6.07, 6.45) is 1.77.